The predicted molar refractivity (Wildman–Crippen MR) is 58.0 cm³/mol. The lowest BCUT2D eigenvalue weighted by molar-refractivity contribution is 0.0986. The minimum atomic E-state index is -0.123. The fourth-order valence-electron chi connectivity index (χ4n) is 1.39. The Labute approximate surface area is 92.3 Å². The van der Waals surface area contributed by atoms with E-state index in [1.54, 1.807) is 12.1 Å². The third-order valence-electron chi connectivity index (χ3n) is 2.17. The third-order valence-corrected chi connectivity index (χ3v) is 2.17. The Morgan fingerprint density at radius 1 is 1.38 bits per heavy atom. The van der Waals surface area contributed by atoms with Crippen LogP contribution in [0.1, 0.15) is 17.3 Å². The normalized spacial score (nSPS) is 10.1. The highest BCUT2D eigenvalue weighted by Gasteiger charge is 2.18. The topological polar surface area (TPSA) is 74.8 Å². The van der Waals surface area contributed by atoms with E-state index in [2.05, 4.69) is 20.6 Å². The van der Waals surface area contributed by atoms with E-state index in [0.29, 0.717) is 18.1 Å². The maximum Gasteiger partial charge on any atom is 0.260 e. The molecule has 2 rings (SSSR count). The van der Waals surface area contributed by atoms with Gasteiger partial charge in [-0.3, -0.25) is 9.69 Å². The zero-order valence-electron chi connectivity index (χ0n) is 8.79. The second-order valence-corrected chi connectivity index (χ2v) is 3.14. The van der Waals surface area contributed by atoms with Crippen LogP contribution in [0, 0.1) is 0 Å². The molecule has 1 heterocycles. The second-order valence-electron chi connectivity index (χ2n) is 3.14. The maximum atomic E-state index is 12.1. The van der Waals surface area contributed by atoms with E-state index in [4.69, 9.17) is 0 Å². The summed E-state index contributed by atoms with van der Waals surface area (Å²) in [5.41, 5.74) is 0.612. The Balaban J connectivity index is 2.27. The van der Waals surface area contributed by atoms with Crippen molar-refractivity contribution in [1.82, 2.24) is 20.6 Å². The number of amides is 1. The first kappa shape index (κ1) is 10.3. The monoisotopic (exact) mass is 217 g/mol. The molecule has 0 unspecified atom stereocenters. The zero-order chi connectivity index (χ0) is 11.4. The molecule has 1 aromatic heterocycles. The van der Waals surface area contributed by atoms with Crippen LogP contribution >= 0.6 is 0 Å². The second kappa shape index (κ2) is 4.52. The van der Waals surface area contributed by atoms with Crippen molar-refractivity contribution in [3.63, 3.8) is 0 Å². The van der Waals surface area contributed by atoms with Crippen LogP contribution in [0.25, 0.3) is 0 Å². The zero-order valence-corrected chi connectivity index (χ0v) is 8.79. The van der Waals surface area contributed by atoms with Gasteiger partial charge in [0, 0.05) is 12.1 Å². The number of hydrogen-bond donors (Lipinski definition) is 1. The maximum absolute atomic E-state index is 12.1. The van der Waals surface area contributed by atoms with Crippen molar-refractivity contribution >= 4 is 11.9 Å². The van der Waals surface area contributed by atoms with E-state index < -0.39 is 0 Å². The van der Waals surface area contributed by atoms with Crippen molar-refractivity contribution in [3.05, 3.63) is 35.9 Å². The summed E-state index contributed by atoms with van der Waals surface area (Å²) in [7, 11) is 0. The minimum Gasteiger partial charge on any atom is -0.276 e. The van der Waals surface area contributed by atoms with Gasteiger partial charge in [-0.25, -0.2) is 5.10 Å². The lowest BCUT2D eigenvalue weighted by atomic mass is 10.2. The molecule has 16 heavy (non-hydrogen) atoms. The first-order valence-corrected chi connectivity index (χ1v) is 4.93. The molecule has 6 nitrogen and oxygen atoms in total. The van der Waals surface area contributed by atoms with E-state index in [9.17, 15) is 4.79 Å². The van der Waals surface area contributed by atoms with Crippen molar-refractivity contribution in [2.24, 2.45) is 0 Å². The molecule has 0 saturated heterocycles. The van der Waals surface area contributed by atoms with Crippen LogP contribution in [0.2, 0.25) is 0 Å². The van der Waals surface area contributed by atoms with Crippen LogP contribution in [0.3, 0.4) is 0 Å². The Morgan fingerprint density at radius 2 is 2.12 bits per heavy atom. The summed E-state index contributed by atoms with van der Waals surface area (Å²) in [6.45, 7) is 2.37. The van der Waals surface area contributed by atoms with Crippen molar-refractivity contribution in [1.29, 1.82) is 0 Å². The van der Waals surface area contributed by atoms with Gasteiger partial charge in [-0.2, -0.15) is 0 Å². The van der Waals surface area contributed by atoms with Gasteiger partial charge < -0.3 is 0 Å². The largest absolute Gasteiger partial charge is 0.276 e. The van der Waals surface area contributed by atoms with Gasteiger partial charge in [0.25, 0.3) is 5.91 Å². The van der Waals surface area contributed by atoms with Crippen molar-refractivity contribution < 1.29 is 4.79 Å². The number of aromatic amines is 1. The number of aromatic nitrogens is 4. The number of H-pyrrole nitrogens is 1. The van der Waals surface area contributed by atoms with Crippen LogP contribution in [0.5, 0.6) is 0 Å². The third kappa shape index (κ3) is 1.90. The SMILES string of the molecule is CCN(C(=O)c1ccccc1)c1nnn[nH]1. The van der Waals surface area contributed by atoms with Crippen molar-refractivity contribution in [2.45, 2.75) is 6.92 Å². The first-order valence-electron chi connectivity index (χ1n) is 4.93. The summed E-state index contributed by atoms with van der Waals surface area (Å²) in [5, 5.41) is 13.2. The number of benzene rings is 1. The molecule has 1 aromatic carbocycles. The average molecular weight is 217 g/mol. The van der Waals surface area contributed by atoms with Gasteiger partial charge in [0.1, 0.15) is 0 Å². The summed E-state index contributed by atoms with van der Waals surface area (Å²) in [4.78, 5) is 13.6. The molecular formula is C10H11N5O. The van der Waals surface area contributed by atoms with E-state index in [-0.39, 0.29) is 5.91 Å². The molecule has 82 valence electrons. The average Bonchev–Trinajstić information content (AvgIpc) is 2.85. The number of carbonyl (C=O) groups is 1. The molecule has 0 spiro atoms. The number of carbonyl (C=O) groups excluding carboxylic acids is 1. The van der Waals surface area contributed by atoms with E-state index in [0.717, 1.165) is 0 Å². The quantitative estimate of drug-likeness (QED) is 0.827. The molecule has 0 aliphatic rings. The number of rotatable bonds is 3. The standard InChI is InChI=1S/C10H11N5O/c1-2-15(10-11-13-14-12-10)9(16)8-6-4-3-5-7-8/h3-7H,2H2,1H3,(H,11,12,13,14). The van der Waals surface area contributed by atoms with Gasteiger partial charge >= 0.3 is 0 Å². The van der Waals surface area contributed by atoms with Crippen LogP contribution in [0.15, 0.2) is 30.3 Å². The molecule has 1 amide bonds. The fourth-order valence-corrected chi connectivity index (χ4v) is 1.39. The molecule has 0 aliphatic carbocycles. The molecule has 1 N–H and O–H groups in total. The molecule has 0 atom stereocenters. The van der Waals surface area contributed by atoms with Gasteiger partial charge in [0.2, 0.25) is 5.95 Å². The van der Waals surface area contributed by atoms with Gasteiger partial charge in [-0.15, -0.1) is 0 Å². The summed E-state index contributed by atoms with van der Waals surface area (Å²) in [5.74, 6) is 0.234. The molecule has 0 saturated carbocycles. The van der Waals surface area contributed by atoms with Crippen LogP contribution in [-0.2, 0) is 0 Å². The molecular weight excluding hydrogens is 206 g/mol. The molecule has 0 radical (unpaired) electrons. The number of nitrogens with one attached hydrogen (secondary N) is 1. The number of tetrazole rings is 1. The summed E-state index contributed by atoms with van der Waals surface area (Å²) >= 11 is 0. The Hall–Kier alpha value is -2.24. The summed E-state index contributed by atoms with van der Waals surface area (Å²) in [6.07, 6.45) is 0. The van der Waals surface area contributed by atoms with Crippen molar-refractivity contribution in [3.8, 4) is 0 Å². The van der Waals surface area contributed by atoms with Gasteiger partial charge in [-0.05, 0) is 29.5 Å². The van der Waals surface area contributed by atoms with E-state index in [1.807, 2.05) is 25.1 Å². The predicted octanol–water partition coefficient (Wildman–Crippen LogP) is 0.866. The van der Waals surface area contributed by atoms with Crippen LogP contribution in [-0.4, -0.2) is 33.1 Å². The van der Waals surface area contributed by atoms with E-state index in [1.165, 1.54) is 4.90 Å². The van der Waals surface area contributed by atoms with Gasteiger partial charge in [-0.1, -0.05) is 23.3 Å². The Morgan fingerprint density at radius 3 is 2.69 bits per heavy atom. The summed E-state index contributed by atoms with van der Waals surface area (Å²) < 4.78 is 0. The van der Waals surface area contributed by atoms with Gasteiger partial charge in [0.05, 0.1) is 0 Å². The number of nitrogens with zero attached hydrogens (tertiary/aromatic N) is 4. The molecule has 6 heteroatoms. The van der Waals surface area contributed by atoms with Crippen molar-refractivity contribution in [2.75, 3.05) is 11.4 Å². The Kier molecular flexibility index (Phi) is 2.90. The highest BCUT2D eigenvalue weighted by Crippen LogP contribution is 2.09. The number of hydrogen-bond acceptors (Lipinski definition) is 4. The van der Waals surface area contributed by atoms with E-state index >= 15 is 0 Å². The Bertz CT molecular complexity index is 453. The molecule has 0 aliphatic heterocycles. The number of anilines is 1. The smallest absolute Gasteiger partial charge is 0.260 e. The highest BCUT2D eigenvalue weighted by atomic mass is 16.2. The van der Waals surface area contributed by atoms with Crippen LogP contribution < -0.4 is 4.90 Å². The van der Waals surface area contributed by atoms with Crippen LogP contribution in [0.4, 0.5) is 5.95 Å². The fraction of sp³-hybridized carbons (Fsp3) is 0.200. The summed E-state index contributed by atoms with van der Waals surface area (Å²) in [6, 6.07) is 9.02. The molecule has 0 bridgehead atoms. The first-order chi connectivity index (χ1) is 7.83. The molecule has 0 fully saturated rings. The van der Waals surface area contributed by atoms with Gasteiger partial charge in [0.15, 0.2) is 0 Å². The lowest BCUT2D eigenvalue weighted by Crippen LogP contribution is -2.31. The molecule has 2 aromatic rings. The lowest BCUT2D eigenvalue weighted by Gasteiger charge is -2.16. The highest BCUT2D eigenvalue weighted by molar-refractivity contribution is 6.04. The minimum absolute atomic E-state index is 0.123.